The van der Waals surface area contributed by atoms with Crippen molar-refractivity contribution in [3.8, 4) is 6.07 Å². The first-order valence-corrected chi connectivity index (χ1v) is 6.59. The van der Waals surface area contributed by atoms with E-state index in [4.69, 9.17) is 10.00 Å². The molecule has 0 aliphatic carbocycles. The number of carbonyl (C=O) groups excluding carboxylic acids is 1. The van der Waals surface area contributed by atoms with Gasteiger partial charge in [0.1, 0.15) is 11.5 Å². The lowest BCUT2D eigenvalue weighted by molar-refractivity contribution is 0.0694. The number of nitrogens with zero attached hydrogens (tertiary/aromatic N) is 3. The fourth-order valence-corrected chi connectivity index (χ4v) is 1.70. The molecule has 0 aromatic carbocycles. The summed E-state index contributed by atoms with van der Waals surface area (Å²) in [6, 6.07) is 7.32. The average molecular weight is 276 g/mol. The summed E-state index contributed by atoms with van der Waals surface area (Å²) in [7, 11) is 1.58. The summed E-state index contributed by atoms with van der Waals surface area (Å²) in [5, 5.41) is 11.7. The second-order valence-corrected chi connectivity index (χ2v) is 4.13. The standard InChI is InChI=1S/C14H20N4O2/c1-3-16-13-7-4-6-12(17-13)14(19)18(9-5-8-15)10-11-20-2/h4,6-7H,3,5,9-11H2,1-2H3,(H,16,17). The molecule has 0 saturated carbocycles. The summed E-state index contributed by atoms with van der Waals surface area (Å²) in [5.74, 6) is 0.488. The van der Waals surface area contributed by atoms with Gasteiger partial charge in [-0.3, -0.25) is 4.79 Å². The molecule has 0 spiro atoms. The number of amides is 1. The first kappa shape index (κ1) is 15.9. The van der Waals surface area contributed by atoms with Crippen molar-refractivity contribution >= 4 is 11.7 Å². The van der Waals surface area contributed by atoms with E-state index in [0.717, 1.165) is 6.54 Å². The smallest absolute Gasteiger partial charge is 0.272 e. The minimum absolute atomic E-state index is 0.183. The zero-order valence-corrected chi connectivity index (χ0v) is 11.9. The predicted octanol–water partition coefficient (Wildman–Crippen LogP) is 1.52. The summed E-state index contributed by atoms with van der Waals surface area (Å²) in [4.78, 5) is 18.2. The van der Waals surface area contributed by atoms with Crippen molar-refractivity contribution in [1.29, 1.82) is 5.26 Å². The summed E-state index contributed by atoms with van der Waals surface area (Å²) in [5.41, 5.74) is 0.373. The summed E-state index contributed by atoms with van der Waals surface area (Å²) < 4.78 is 4.99. The van der Waals surface area contributed by atoms with Crippen LogP contribution in [0.5, 0.6) is 0 Å². The molecule has 0 fully saturated rings. The highest BCUT2D eigenvalue weighted by atomic mass is 16.5. The first-order chi connectivity index (χ1) is 9.72. The number of rotatable bonds is 8. The highest BCUT2D eigenvalue weighted by Crippen LogP contribution is 2.08. The Labute approximate surface area is 119 Å². The van der Waals surface area contributed by atoms with Crippen molar-refractivity contribution < 1.29 is 9.53 Å². The third-order valence-corrected chi connectivity index (χ3v) is 2.67. The summed E-state index contributed by atoms with van der Waals surface area (Å²) in [6.07, 6.45) is 0.294. The molecular weight excluding hydrogens is 256 g/mol. The van der Waals surface area contributed by atoms with Gasteiger partial charge in [0.25, 0.3) is 5.91 Å². The van der Waals surface area contributed by atoms with E-state index in [1.54, 1.807) is 24.1 Å². The highest BCUT2D eigenvalue weighted by Gasteiger charge is 2.16. The van der Waals surface area contributed by atoms with E-state index >= 15 is 0 Å². The highest BCUT2D eigenvalue weighted by molar-refractivity contribution is 5.92. The number of anilines is 1. The molecule has 0 atom stereocenters. The maximum atomic E-state index is 12.4. The van der Waals surface area contributed by atoms with Gasteiger partial charge >= 0.3 is 0 Å². The number of nitriles is 1. The van der Waals surface area contributed by atoms with Crippen LogP contribution in [0.25, 0.3) is 0 Å². The monoisotopic (exact) mass is 276 g/mol. The summed E-state index contributed by atoms with van der Waals surface area (Å²) in [6.45, 7) is 3.97. The zero-order chi connectivity index (χ0) is 14.8. The van der Waals surface area contributed by atoms with Crippen LogP contribution in [0.4, 0.5) is 5.82 Å². The molecule has 1 aromatic rings. The molecule has 108 valence electrons. The molecule has 0 radical (unpaired) electrons. The minimum atomic E-state index is -0.183. The van der Waals surface area contributed by atoms with E-state index in [-0.39, 0.29) is 5.91 Å². The van der Waals surface area contributed by atoms with Crippen LogP contribution >= 0.6 is 0 Å². The molecule has 20 heavy (non-hydrogen) atoms. The number of ether oxygens (including phenoxy) is 1. The average Bonchev–Trinajstić information content (AvgIpc) is 2.47. The van der Waals surface area contributed by atoms with Crippen LogP contribution in [0.3, 0.4) is 0 Å². The summed E-state index contributed by atoms with van der Waals surface area (Å²) >= 11 is 0. The topological polar surface area (TPSA) is 78.2 Å². The Morgan fingerprint density at radius 1 is 1.50 bits per heavy atom. The molecule has 6 nitrogen and oxygen atoms in total. The van der Waals surface area contributed by atoms with Crippen LogP contribution in [0, 0.1) is 11.3 Å². The van der Waals surface area contributed by atoms with Crippen LogP contribution in [0.1, 0.15) is 23.8 Å². The molecule has 1 heterocycles. The third-order valence-electron chi connectivity index (χ3n) is 2.67. The maximum Gasteiger partial charge on any atom is 0.272 e. The minimum Gasteiger partial charge on any atom is -0.383 e. The van der Waals surface area contributed by atoms with Gasteiger partial charge in [0.15, 0.2) is 0 Å². The van der Waals surface area contributed by atoms with Crippen molar-refractivity contribution in [2.24, 2.45) is 0 Å². The molecule has 0 saturated heterocycles. The number of pyridine rings is 1. The van der Waals surface area contributed by atoms with Crippen molar-refractivity contribution in [2.45, 2.75) is 13.3 Å². The van der Waals surface area contributed by atoms with Crippen LogP contribution in [-0.2, 0) is 4.74 Å². The fraction of sp³-hybridized carbons (Fsp3) is 0.500. The second kappa shape index (κ2) is 8.88. The van der Waals surface area contributed by atoms with Crippen molar-refractivity contribution in [3.63, 3.8) is 0 Å². The van der Waals surface area contributed by atoms with Crippen molar-refractivity contribution in [1.82, 2.24) is 9.88 Å². The largest absolute Gasteiger partial charge is 0.383 e. The first-order valence-electron chi connectivity index (χ1n) is 6.59. The van der Waals surface area contributed by atoms with Crippen LogP contribution in [-0.4, -0.2) is 49.1 Å². The molecule has 0 aliphatic rings. The van der Waals surface area contributed by atoms with E-state index in [0.29, 0.717) is 37.6 Å². The molecule has 1 amide bonds. The Balaban J connectivity index is 2.81. The quantitative estimate of drug-likeness (QED) is 0.778. The SMILES string of the molecule is CCNc1cccc(C(=O)N(CCC#N)CCOC)n1. The number of hydrogen-bond donors (Lipinski definition) is 1. The van der Waals surface area contributed by atoms with Gasteiger partial charge in [-0.2, -0.15) is 5.26 Å². The van der Waals surface area contributed by atoms with Crippen LogP contribution in [0.15, 0.2) is 18.2 Å². The van der Waals surface area contributed by atoms with Gasteiger partial charge in [0.05, 0.1) is 19.1 Å². The van der Waals surface area contributed by atoms with E-state index < -0.39 is 0 Å². The Kier molecular flexibility index (Phi) is 7.07. The van der Waals surface area contributed by atoms with Crippen LogP contribution in [0.2, 0.25) is 0 Å². The Hall–Kier alpha value is -2.13. The molecule has 1 rings (SSSR count). The number of methoxy groups -OCH3 is 1. The van der Waals surface area contributed by atoms with E-state index in [2.05, 4.69) is 10.3 Å². The lowest BCUT2D eigenvalue weighted by atomic mass is 10.3. The van der Waals surface area contributed by atoms with Gasteiger partial charge in [-0.1, -0.05) is 6.07 Å². The normalized spacial score (nSPS) is 9.85. The molecule has 1 N–H and O–H groups in total. The number of hydrogen-bond acceptors (Lipinski definition) is 5. The van der Waals surface area contributed by atoms with Gasteiger partial charge in [-0.05, 0) is 19.1 Å². The number of carbonyl (C=O) groups is 1. The molecule has 0 aliphatic heterocycles. The molecule has 6 heteroatoms. The van der Waals surface area contributed by atoms with Crippen molar-refractivity contribution in [3.05, 3.63) is 23.9 Å². The van der Waals surface area contributed by atoms with Gasteiger partial charge in [0, 0.05) is 26.7 Å². The zero-order valence-electron chi connectivity index (χ0n) is 11.9. The van der Waals surface area contributed by atoms with E-state index in [9.17, 15) is 4.79 Å². The van der Waals surface area contributed by atoms with Gasteiger partial charge in [-0.25, -0.2) is 4.98 Å². The van der Waals surface area contributed by atoms with Gasteiger partial charge < -0.3 is 15.0 Å². The maximum absolute atomic E-state index is 12.4. The van der Waals surface area contributed by atoms with Crippen LogP contribution < -0.4 is 5.32 Å². The number of aromatic nitrogens is 1. The van der Waals surface area contributed by atoms with Gasteiger partial charge in [0.2, 0.25) is 0 Å². The second-order valence-electron chi connectivity index (χ2n) is 4.13. The van der Waals surface area contributed by atoms with E-state index in [1.807, 2.05) is 19.1 Å². The van der Waals surface area contributed by atoms with Gasteiger partial charge in [-0.15, -0.1) is 0 Å². The fourth-order valence-electron chi connectivity index (χ4n) is 1.70. The Morgan fingerprint density at radius 3 is 2.95 bits per heavy atom. The predicted molar refractivity (Wildman–Crippen MR) is 76.4 cm³/mol. The Morgan fingerprint density at radius 2 is 2.30 bits per heavy atom. The third kappa shape index (κ3) is 4.86. The Bertz CT molecular complexity index is 470. The van der Waals surface area contributed by atoms with E-state index in [1.165, 1.54) is 0 Å². The molecular formula is C14H20N4O2. The number of nitrogens with one attached hydrogen (secondary N) is 1. The molecule has 1 aromatic heterocycles. The lowest BCUT2D eigenvalue weighted by Gasteiger charge is -2.21. The van der Waals surface area contributed by atoms with Crippen molar-refractivity contribution in [2.75, 3.05) is 38.7 Å². The molecule has 0 unspecified atom stereocenters. The molecule has 0 bridgehead atoms. The lowest BCUT2D eigenvalue weighted by Crippen LogP contribution is -2.35.